The van der Waals surface area contributed by atoms with Crippen LogP contribution in [-0.4, -0.2) is 24.5 Å². The molecule has 0 aliphatic rings. The zero-order chi connectivity index (χ0) is 15.4. The second kappa shape index (κ2) is 7.00. The molecule has 1 amide bonds. The van der Waals surface area contributed by atoms with E-state index in [1.165, 1.54) is 28.4 Å². The lowest BCUT2D eigenvalue weighted by Gasteiger charge is -2.18. The molecule has 0 unspecified atom stereocenters. The Morgan fingerprint density at radius 2 is 2.05 bits per heavy atom. The molecule has 21 heavy (non-hydrogen) atoms. The fraction of sp³-hybridized carbons (Fsp3) is 0.214. The number of amides is 1. The lowest BCUT2D eigenvalue weighted by Crippen LogP contribution is -2.26. The lowest BCUT2D eigenvalue weighted by molar-refractivity contribution is -0.0502. The molecular formula is C14H12BrF2NO2S. The van der Waals surface area contributed by atoms with Gasteiger partial charge in [-0.3, -0.25) is 4.79 Å². The number of alkyl halides is 2. The minimum absolute atomic E-state index is 0.114. The van der Waals surface area contributed by atoms with Crippen molar-refractivity contribution in [3.8, 4) is 5.75 Å². The number of thiophene rings is 1. The Balaban J connectivity index is 2.15. The standard InChI is InChI=1S/C14H12BrF2NO2S/c1-18(8-9-6-7-12(15)21-9)13(19)10-4-2-3-5-11(10)20-14(16)17/h2-7,14H,8H2,1H3. The molecule has 112 valence electrons. The summed E-state index contributed by atoms with van der Waals surface area (Å²) in [7, 11) is 1.62. The minimum atomic E-state index is -2.96. The third-order valence-corrected chi connectivity index (χ3v) is 4.31. The first-order valence-corrected chi connectivity index (χ1v) is 7.62. The molecule has 0 bridgehead atoms. The number of carbonyl (C=O) groups is 1. The van der Waals surface area contributed by atoms with Crippen molar-refractivity contribution in [1.29, 1.82) is 0 Å². The van der Waals surface area contributed by atoms with Gasteiger partial charge in [-0.15, -0.1) is 11.3 Å². The highest BCUT2D eigenvalue weighted by atomic mass is 79.9. The first kappa shape index (κ1) is 15.9. The Bertz CT molecular complexity index is 633. The van der Waals surface area contributed by atoms with E-state index in [1.54, 1.807) is 19.2 Å². The van der Waals surface area contributed by atoms with E-state index in [9.17, 15) is 13.6 Å². The number of carbonyl (C=O) groups excluding carboxylic acids is 1. The van der Waals surface area contributed by atoms with Gasteiger partial charge < -0.3 is 9.64 Å². The third kappa shape index (κ3) is 4.25. The third-order valence-electron chi connectivity index (χ3n) is 2.70. The summed E-state index contributed by atoms with van der Waals surface area (Å²) in [5, 5.41) is 0. The van der Waals surface area contributed by atoms with Crippen LogP contribution in [0, 0.1) is 0 Å². The van der Waals surface area contributed by atoms with E-state index in [4.69, 9.17) is 0 Å². The number of ether oxygens (including phenoxy) is 1. The highest BCUT2D eigenvalue weighted by Crippen LogP contribution is 2.25. The summed E-state index contributed by atoms with van der Waals surface area (Å²) in [6, 6.07) is 9.79. The van der Waals surface area contributed by atoms with Crippen molar-refractivity contribution in [2.45, 2.75) is 13.2 Å². The largest absolute Gasteiger partial charge is 0.434 e. The monoisotopic (exact) mass is 375 g/mol. The number of rotatable bonds is 5. The van der Waals surface area contributed by atoms with Crippen LogP contribution in [0.1, 0.15) is 15.2 Å². The van der Waals surface area contributed by atoms with Gasteiger partial charge in [-0.25, -0.2) is 0 Å². The average molecular weight is 376 g/mol. The normalized spacial score (nSPS) is 10.7. The number of hydrogen-bond acceptors (Lipinski definition) is 3. The van der Waals surface area contributed by atoms with Crippen LogP contribution < -0.4 is 4.74 Å². The molecule has 0 fully saturated rings. The molecule has 3 nitrogen and oxygen atoms in total. The van der Waals surface area contributed by atoms with Gasteiger partial charge in [0, 0.05) is 11.9 Å². The first-order chi connectivity index (χ1) is 9.97. The molecule has 2 aromatic rings. The van der Waals surface area contributed by atoms with Crippen LogP contribution in [0.3, 0.4) is 0 Å². The van der Waals surface area contributed by atoms with E-state index in [2.05, 4.69) is 20.7 Å². The van der Waals surface area contributed by atoms with Crippen molar-refractivity contribution in [1.82, 2.24) is 4.90 Å². The Hall–Kier alpha value is -1.47. The van der Waals surface area contributed by atoms with Crippen LogP contribution in [0.5, 0.6) is 5.75 Å². The molecule has 1 heterocycles. The molecule has 0 N–H and O–H groups in total. The van der Waals surface area contributed by atoms with Gasteiger partial charge >= 0.3 is 6.61 Å². The van der Waals surface area contributed by atoms with Gasteiger partial charge in [0.2, 0.25) is 0 Å². The quantitative estimate of drug-likeness (QED) is 0.775. The molecule has 0 saturated carbocycles. The summed E-state index contributed by atoms with van der Waals surface area (Å²) in [5.41, 5.74) is 0.121. The van der Waals surface area contributed by atoms with Crippen LogP contribution in [0.2, 0.25) is 0 Å². The van der Waals surface area contributed by atoms with Gasteiger partial charge in [0.1, 0.15) is 5.75 Å². The SMILES string of the molecule is CN(Cc1ccc(Br)s1)C(=O)c1ccccc1OC(F)F. The van der Waals surface area contributed by atoms with Crippen LogP contribution in [0.4, 0.5) is 8.78 Å². The summed E-state index contributed by atoms with van der Waals surface area (Å²) in [6.45, 7) is -2.56. The number of halogens is 3. The lowest BCUT2D eigenvalue weighted by atomic mass is 10.1. The van der Waals surface area contributed by atoms with Crippen LogP contribution in [0.25, 0.3) is 0 Å². The van der Waals surface area contributed by atoms with Crippen LogP contribution in [-0.2, 0) is 6.54 Å². The number of para-hydroxylation sites is 1. The smallest absolute Gasteiger partial charge is 0.387 e. The fourth-order valence-electron chi connectivity index (χ4n) is 1.79. The van der Waals surface area contributed by atoms with Gasteiger partial charge in [0.15, 0.2) is 0 Å². The first-order valence-electron chi connectivity index (χ1n) is 6.01. The Labute approximate surface area is 133 Å². The van der Waals surface area contributed by atoms with E-state index >= 15 is 0 Å². The number of benzene rings is 1. The molecule has 1 aromatic carbocycles. The van der Waals surface area contributed by atoms with Gasteiger partial charge in [-0.1, -0.05) is 12.1 Å². The average Bonchev–Trinajstić information content (AvgIpc) is 2.83. The van der Waals surface area contributed by atoms with Crippen molar-refractivity contribution in [3.63, 3.8) is 0 Å². The van der Waals surface area contributed by atoms with E-state index in [0.717, 1.165) is 8.66 Å². The topological polar surface area (TPSA) is 29.5 Å². The van der Waals surface area contributed by atoms with Gasteiger partial charge in [0.25, 0.3) is 5.91 Å². The second-order valence-electron chi connectivity index (χ2n) is 4.24. The van der Waals surface area contributed by atoms with Gasteiger partial charge in [-0.2, -0.15) is 8.78 Å². The Morgan fingerprint density at radius 1 is 1.33 bits per heavy atom. The van der Waals surface area contributed by atoms with Gasteiger partial charge in [-0.05, 0) is 40.2 Å². The maximum Gasteiger partial charge on any atom is 0.387 e. The highest BCUT2D eigenvalue weighted by Gasteiger charge is 2.19. The van der Waals surface area contributed by atoms with Gasteiger partial charge in [0.05, 0.1) is 15.9 Å². The summed E-state index contributed by atoms with van der Waals surface area (Å²) in [4.78, 5) is 14.8. The summed E-state index contributed by atoms with van der Waals surface area (Å²) in [5.74, 6) is -0.479. The van der Waals surface area contributed by atoms with E-state index in [1.807, 2.05) is 12.1 Å². The minimum Gasteiger partial charge on any atom is -0.434 e. The number of nitrogens with zero attached hydrogens (tertiary/aromatic N) is 1. The van der Waals surface area contributed by atoms with Crippen molar-refractivity contribution in [2.24, 2.45) is 0 Å². The van der Waals surface area contributed by atoms with E-state index in [-0.39, 0.29) is 17.2 Å². The fourth-order valence-corrected chi connectivity index (χ4v) is 3.33. The summed E-state index contributed by atoms with van der Waals surface area (Å²) in [6.07, 6.45) is 0. The molecule has 2 rings (SSSR count). The predicted octanol–water partition coefficient (Wildman–Crippen LogP) is 4.38. The molecule has 7 heteroatoms. The molecule has 0 aliphatic heterocycles. The second-order valence-corrected chi connectivity index (χ2v) is 6.79. The molecule has 0 saturated heterocycles. The molecule has 0 atom stereocenters. The Kier molecular flexibility index (Phi) is 5.30. The summed E-state index contributed by atoms with van der Waals surface area (Å²) < 4.78 is 30.1. The summed E-state index contributed by atoms with van der Waals surface area (Å²) >= 11 is 4.87. The van der Waals surface area contributed by atoms with Crippen molar-refractivity contribution < 1.29 is 18.3 Å². The molecule has 1 aromatic heterocycles. The molecular weight excluding hydrogens is 364 g/mol. The number of hydrogen-bond donors (Lipinski definition) is 0. The molecule has 0 radical (unpaired) electrons. The van der Waals surface area contributed by atoms with Crippen LogP contribution >= 0.6 is 27.3 Å². The van der Waals surface area contributed by atoms with Crippen molar-refractivity contribution in [3.05, 3.63) is 50.6 Å². The van der Waals surface area contributed by atoms with Crippen LogP contribution in [0.15, 0.2) is 40.2 Å². The molecule has 0 aliphatic carbocycles. The predicted molar refractivity (Wildman–Crippen MR) is 80.9 cm³/mol. The van der Waals surface area contributed by atoms with Crippen molar-refractivity contribution in [2.75, 3.05) is 7.05 Å². The zero-order valence-corrected chi connectivity index (χ0v) is 13.5. The molecule has 0 spiro atoms. The zero-order valence-electron chi connectivity index (χ0n) is 11.1. The van der Waals surface area contributed by atoms with E-state index in [0.29, 0.717) is 6.54 Å². The maximum atomic E-state index is 12.4. The Morgan fingerprint density at radius 3 is 2.67 bits per heavy atom. The maximum absolute atomic E-state index is 12.4. The van der Waals surface area contributed by atoms with Crippen molar-refractivity contribution >= 4 is 33.2 Å². The highest BCUT2D eigenvalue weighted by molar-refractivity contribution is 9.11. The van der Waals surface area contributed by atoms with E-state index < -0.39 is 6.61 Å².